The van der Waals surface area contributed by atoms with Crippen molar-refractivity contribution >= 4 is 12.3 Å². The maximum atomic E-state index is 15.2. The maximum absolute atomic E-state index is 15.2. The molecule has 9 fully saturated rings. The topological polar surface area (TPSA) is 410 Å². The van der Waals surface area contributed by atoms with Crippen LogP contribution in [-0.2, 0) is 57.0 Å². The van der Waals surface area contributed by atoms with Crippen molar-refractivity contribution in [2.75, 3.05) is 19.8 Å². The van der Waals surface area contributed by atoms with Crippen LogP contribution in [0, 0.1) is 50.2 Å². The number of hydrogen-bond donors (Lipinski definition) is 14. The van der Waals surface area contributed by atoms with Gasteiger partial charge in [-0.1, -0.05) is 53.2 Å². The highest BCUT2D eigenvalue weighted by Crippen LogP contribution is 2.76. The zero-order valence-corrected chi connectivity index (χ0v) is 49.7. The molecule has 5 saturated heterocycles. The molecule has 5 aliphatic heterocycles. The highest BCUT2D eigenvalue weighted by Gasteiger charge is 2.71. The molecule has 0 aromatic carbocycles. The Kier molecular flexibility index (Phi) is 18.8. The number of ether oxygens (including phenoxy) is 10. The number of fused-ring (bicyclic) bond motifs is 7. The normalized spacial score (nSPS) is 55.2. The van der Waals surface area contributed by atoms with Crippen LogP contribution in [-0.4, -0.2) is 257 Å². The fourth-order valence-corrected chi connectivity index (χ4v) is 17.4. The Balaban J connectivity index is 0.833. The standard InChI is InChI=1S/C59H94O26/c1-24-34(63)38(67)42(71)49(78-24)83-46-29(20-60)80-48(45(74)41(46)70)77-22-30-37(66)40(69)44(73)51(81-30)85-53(75)59-17-15-54(3,4)19-27(59)26-9-10-32-55(5)13-12-33(56(6,23-61)31(55)11-14-58(32,8)57(26,7)16-18-59)82-52-47(36(65)28(62)21-76-52)84-50-43(72)39(68)35(64)25(2)79-50/h9,23-25,27-52,60,62-74H,10-22H2,1-8H3/t24-,25-,27-,28-,29-,30-,31-,32-,33-,34-,35-,36+,37-,38+,39+,40+,41-,42-,43-,44-,45-,46-,47-,48-,49+,50+,51+,52+,55+,56-,57-,58-,59-/m0/s1. The lowest BCUT2D eigenvalue weighted by Crippen LogP contribution is -2.67. The second-order valence-electron chi connectivity index (χ2n) is 28.3. The van der Waals surface area contributed by atoms with Crippen LogP contribution in [0.3, 0.4) is 0 Å². The van der Waals surface area contributed by atoms with Crippen LogP contribution in [0.25, 0.3) is 0 Å². The summed E-state index contributed by atoms with van der Waals surface area (Å²) in [5.74, 6) is -1.05. The predicted molar refractivity (Wildman–Crippen MR) is 287 cm³/mol. The zero-order chi connectivity index (χ0) is 62.0. The number of carbonyl (C=O) groups is 2. The summed E-state index contributed by atoms with van der Waals surface area (Å²) in [7, 11) is 0. The molecule has 5 heterocycles. The summed E-state index contributed by atoms with van der Waals surface area (Å²) in [5, 5.41) is 151. The minimum absolute atomic E-state index is 0.0712. The summed E-state index contributed by atoms with van der Waals surface area (Å²) >= 11 is 0. The largest absolute Gasteiger partial charge is 0.432 e. The minimum atomic E-state index is -1.91. The average molecular weight is 1220 g/mol. The van der Waals surface area contributed by atoms with E-state index < -0.39 is 194 Å². The molecule has 14 N–H and O–H groups in total. The molecule has 10 aliphatic rings. The lowest BCUT2D eigenvalue weighted by atomic mass is 9.33. The Morgan fingerprint density at radius 3 is 1.79 bits per heavy atom. The number of aliphatic hydroxyl groups is 14. The Labute approximate surface area is 494 Å². The summed E-state index contributed by atoms with van der Waals surface area (Å²) in [6.07, 6.45) is -29.4. The van der Waals surface area contributed by atoms with Gasteiger partial charge in [0.05, 0.1) is 49.0 Å². The number of carbonyl (C=O) groups excluding carboxylic acids is 2. The van der Waals surface area contributed by atoms with Gasteiger partial charge in [-0.3, -0.25) is 4.79 Å². The molecule has 0 radical (unpaired) electrons. The van der Waals surface area contributed by atoms with Gasteiger partial charge in [-0.2, -0.15) is 0 Å². The molecule has 10 rings (SSSR count). The fourth-order valence-electron chi connectivity index (χ4n) is 17.4. The van der Waals surface area contributed by atoms with Gasteiger partial charge in [-0.25, -0.2) is 0 Å². The van der Waals surface area contributed by atoms with E-state index in [1.54, 1.807) is 0 Å². The Morgan fingerprint density at radius 2 is 1.16 bits per heavy atom. The maximum Gasteiger partial charge on any atom is 0.315 e. The molecule has 0 bridgehead atoms. The van der Waals surface area contributed by atoms with Gasteiger partial charge in [0, 0.05) is 0 Å². The smallest absolute Gasteiger partial charge is 0.315 e. The molecule has 4 saturated carbocycles. The van der Waals surface area contributed by atoms with Crippen LogP contribution in [0.2, 0.25) is 0 Å². The van der Waals surface area contributed by atoms with Crippen LogP contribution in [0.1, 0.15) is 120 Å². The van der Waals surface area contributed by atoms with Gasteiger partial charge in [0.1, 0.15) is 110 Å². The molecule has 0 unspecified atom stereocenters. The molecule has 0 amide bonds. The molecule has 33 atom stereocenters. The lowest BCUT2D eigenvalue weighted by molar-refractivity contribution is -0.363. The van der Waals surface area contributed by atoms with Crippen molar-refractivity contribution in [3.63, 3.8) is 0 Å². The second-order valence-corrected chi connectivity index (χ2v) is 28.3. The number of rotatable bonds is 13. The summed E-state index contributed by atoms with van der Waals surface area (Å²) in [6.45, 7) is 14.3. The van der Waals surface area contributed by atoms with Crippen LogP contribution in [0.5, 0.6) is 0 Å². The first-order valence-corrected chi connectivity index (χ1v) is 30.5. The van der Waals surface area contributed by atoms with Gasteiger partial charge in [-0.15, -0.1) is 0 Å². The first kappa shape index (κ1) is 65.9. The molecule has 0 spiro atoms. The van der Waals surface area contributed by atoms with Crippen molar-refractivity contribution < 1.29 is 128 Å². The number of allylic oxidation sites excluding steroid dienone is 2. The Morgan fingerprint density at radius 1 is 0.588 bits per heavy atom. The fraction of sp³-hybridized carbons (Fsp3) is 0.932. The Hall–Kier alpha value is -2.04. The summed E-state index contributed by atoms with van der Waals surface area (Å²) in [6, 6.07) is 0. The number of aliphatic hydroxyl groups excluding tert-OH is 14. The quantitative estimate of drug-likeness (QED) is 0.0398. The highest BCUT2D eigenvalue weighted by molar-refractivity contribution is 5.79. The van der Waals surface area contributed by atoms with Gasteiger partial charge >= 0.3 is 5.97 Å². The van der Waals surface area contributed by atoms with Crippen molar-refractivity contribution in [3.05, 3.63) is 11.6 Å². The van der Waals surface area contributed by atoms with Gasteiger partial charge in [-0.05, 0) is 117 Å². The van der Waals surface area contributed by atoms with Gasteiger partial charge < -0.3 is 124 Å². The van der Waals surface area contributed by atoms with Crippen molar-refractivity contribution in [2.24, 2.45) is 50.2 Å². The molecule has 26 nitrogen and oxygen atoms in total. The van der Waals surface area contributed by atoms with Crippen molar-refractivity contribution in [1.82, 2.24) is 0 Å². The van der Waals surface area contributed by atoms with Crippen LogP contribution >= 0.6 is 0 Å². The van der Waals surface area contributed by atoms with E-state index in [1.807, 2.05) is 6.92 Å². The SMILES string of the molecule is C[C@@H]1O[C@H](O[C@@H]2[C@@H](O[C@H]3CC[C@]4(C)[C@H](CC[C@@]5(C)[C@H]4CC=C4[C@@H]6CC(C)(C)CC[C@]6(C(=O)O[C@H]6O[C@@H](CO[C@H]7O[C@@H](CO)[C@H](O[C@H]8O[C@@H](C)[C@H](O)[C@@H](O)[C@@H]8O)[C@@H](O)[C@@H]7O)[C@H](O)[C@@H](O)[C@@H]6O)CC[C@@]45C)[C@]3(C)C=O)OC[C@H](O)[C@H]2O)[C@@H](O)[C@H](O)[C@H]1O. The number of esters is 1. The summed E-state index contributed by atoms with van der Waals surface area (Å²) in [5.41, 5.74) is -2.35. The molecule has 85 heavy (non-hydrogen) atoms. The van der Waals surface area contributed by atoms with Crippen LogP contribution in [0.15, 0.2) is 11.6 Å². The predicted octanol–water partition coefficient (Wildman–Crippen LogP) is -2.34. The average Bonchev–Trinajstić information content (AvgIpc) is 0.692. The third-order valence-electron chi connectivity index (χ3n) is 23.0. The molecule has 26 heteroatoms. The van der Waals surface area contributed by atoms with Crippen LogP contribution < -0.4 is 0 Å². The number of hydrogen-bond acceptors (Lipinski definition) is 26. The highest BCUT2D eigenvalue weighted by atomic mass is 16.8. The monoisotopic (exact) mass is 1220 g/mol. The van der Waals surface area contributed by atoms with E-state index in [9.17, 15) is 76.3 Å². The van der Waals surface area contributed by atoms with Crippen molar-refractivity contribution in [3.8, 4) is 0 Å². The third kappa shape index (κ3) is 11.0. The van der Waals surface area contributed by atoms with E-state index in [-0.39, 0.29) is 35.2 Å². The van der Waals surface area contributed by atoms with E-state index in [0.29, 0.717) is 57.8 Å². The van der Waals surface area contributed by atoms with E-state index >= 15 is 4.79 Å². The molecular formula is C59H94O26. The zero-order valence-electron chi connectivity index (χ0n) is 49.7. The second kappa shape index (κ2) is 24.2. The third-order valence-corrected chi connectivity index (χ3v) is 23.0. The van der Waals surface area contributed by atoms with Gasteiger partial charge in [0.2, 0.25) is 6.29 Å². The van der Waals surface area contributed by atoms with Crippen molar-refractivity contribution in [1.29, 1.82) is 0 Å². The minimum Gasteiger partial charge on any atom is -0.432 e. The molecule has 0 aromatic heterocycles. The van der Waals surface area contributed by atoms with E-state index in [4.69, 9.17) is 47.4 Å². The van der Waals surface area contributed by atoms with E-state index in [1.165, 1.54) is 13.8 Å². The molecule has 0 aromatic rings. The van der Waals surface area contributed by atoms with Crippen molar-refractivity contribution in [2.45, 2.75) is 273 Å². The summed E-state index contributed by atoms with van der Waals surface area (Å²) in [4.78, 5) is 29.0. The van der Waals surface area contributed by atoms with E-state index in [0.717, 1.165) is 18.3 Å². The number of aldehydes is 1. The van der Waals surface area contributed by atoms with Gasteiger partial charge in [0.25, 0.3) is 0 Å². The van der Waals surface area contributed by atoms with E-state index in [2.05, 4.69) is 40.7 Å². The molecule has 486 valence electrons. The first-order chi connectivity index (χ1) is 39.8. The van der Waals surface area contributed by atoms with Gasteiger partial charge in [0.15, 0.2) is 25.2 Å². The first-order valence-electron chi connectivity index (χ1n) is 30.5. The summed E-state index contributed by atoms with van der Waals surface area (Å²) < 4.78 is 59.3. The Bertz CT molecular complexity index is 2400. The lowest BCUT2D eigenvalue weighted by Gasteiger charge is -2.71. The van der Waals surface area contributed by atoms with Crippen LogP contribution in [0.4, 0.5) is 0 Å². The molecular weight excluding hydrogens is 1120 g/mol. The molecule has 5 aliphatic carbocycles.